The van der Waals surface area contributed by atoms with Gasteiger partial charge >= 0.3 is 11.2 Å². The Labute approximate surface area is 125 Å². The molecule has 0 aliphatic carbocycles. The second-order valence-electron chi connectivity index (χ2n) is 3.89. The van der Waals surface area contributed by atoms with Crippen LogP contribution in [0.15, 0.2) is 24.5 Å². The molecule has 0 spiro atoms. The molecule has 1 rings (SSSR count). The average Bonchev–Trinajstić information content (AvgIpc) is 2.50. The van der Waals surface area contributed by atoms with Crippen molar-refractivity contribution in [2.45, 2.75) is 13.7 Å². The molecular weight excluding hydrogens is 298 g/mol. The Morgan fingerprint density at radius 1 is 1.41 bits per heavy atom. The summed E-state index contributed by atoms with van der Waals surface area (Å²) < 4.78 is 10.9. The molecule has 0 radical (unpaired) electrons. The average molecular weight is 315 g/mol. The van der Waals surface area contributed by atoms with Crippen LogP contribution < -0.4 is 9.88 Å². The second-order valence-corrected chi connectivity index (χ2v) is 3.89. The maximum Gasteiger partial charge on any atom is 0.513 e. The fraction of sp³-hybridized carbons (Fsp3) is 0.417. The van der Waals surface area contributed by atoms with Crippen LogP contribution in [0.2, 0.25) is 0 Å². The zero-order valence-corrected chi connectivity index (χ0v) is 11.9. The Hall–Kier alpha value is -2.91. The summed E-state index contributed by atoms with van der Waals surface area (Å²) in [7, 11) is 0. The van der Waals surface area contributed by atoms with Gasteiger partial charge in [0.2, 0.25) is 0 Å². The summed E-state index contributed by atoms with van der Waals surface area (Å²) in [6.07, 6.45) is 2.29. The molecule has 0 aromatic carbocycles. The molecule has 0 atom stereocenters. The first-order chi connectivity index (χ1) is 10.5. The van der Waals surface area contributed by atoms with E-state index in [1.165, 1.54) is 10.8 Å². The smallest absolute Gasteiger partial charge is 0.434 e. The van der Waals surface area contributed by atoms with E-state index in [1.54, 1.807) is 25.3 Å². The van der Waals surface area contributed by atoms with Crippen molar-refractivity contribution in [1.29, 1.82) is 0 Å². The fourth-order valence-corrected chi connectivity index (χ4v) is 1.41. The Kier molecular flexibility index (Phi) is 7.09. The van der Waals surface area contributed by atoms with Crippen LogP contribution in [0, 0.1) is 4.91 Å². The lowest BCUT2D eigenvalue weighted by molar-refractivity contribution is -0.975. The van der Waals surface area contributed by atoms with Gasteiger partial charge in [-0.25, -0.2) is 10.0 Å². The highest BCUT2D eigenvalue weighted by Crippen LogP contribution is 1.95. The topological polar surface area (TPSA) is 118 Å². The van der Waals surface area contributed by atoms with E-state index in [0.29, 0.717) is 5.56 Å². The minimum absolute atomic E-state index is 0.0341. The molecule has 10 heteroatoms. The van der Waals surface area contributed by atoms with Crippen molar-refractivity contribution >= 4 is 12.1 Å². The lowest BCUT2D eigenvalue weighted by Crippen LogP contribution is -2.38. The summed E-state index contributed by atoms with van der Waals surface area (Å²) in [4.78, 5) is 37.1. The van der Waals surface area contributed by atoms with Crippen molar-refractivity contribution in [3.05, 3.63) is 35.0 Å². The number of ether oxygens (including phenoxy) is 2. The van der Waals surface area contributed by atoms with Crippen LogP contribution in [0.4, 0.5) is 4.79 Å². The SMILES string of the molecule is CCOC(=O)OC[n+]1cccc(C(=O)NCCO[N+](=O)O)c1. The van der Waals surface area contributed by atoms with Gasteiger partial charge in [-0.15, -0.1) is 0 Å². The molecule has 10 nitrogen and oxygen atoms in total. The van der Waals surface area contributed by atoms with Crippen LogP contribution in [0.5, 0.6) is 0 Å². The molecule has 120 valence electrons. The number of hydrogen-bond donors (Lipinski definition) is 2. The van der Waals surface area contributed by atoms with Crippen LogP contribution in [0.25, 0.3) is 0 Å². The third kappa shape index (κ3) is 6.50. The number of rotatable bonds is 8. The summed E-state index contributed by atoms with van der Waals surface area (Å²) in [6.45, 7) is 1.63. The molecule has 1 aromatic heterocycles. The number of pyridine rings is 1. The minimum atomic E-state index is -0.798. The van der Waals surface area contributed by atoms with E-state index in [9.17, 15) is 14.5 Å². The lowest BCUT2D eigenvalue weighted by Gasteiger charge is -2.03. The third-order valence-electron chi connectivity index (χ3n) is 2.30. The zero-order chi connectivity index (χ0) is 16.4. The van der Waals surface area contributed by atoms with Crippen LogP contribution >= 0.6 is 0 Å². The molecule has 0 saturated heterocycles. The Balaban J connectivity index is 2.47. The van der Waals surface area contributed by atoms with Gasteiger partial charge in [0.15, 0.2) is 19.0 Å². The van der Waals surface area contributed by atoms with Crippen LogP contribution in [0.3, 0.4) is 0 Å². The van der Waals surface area contributed by atoms with Gasteiger partial charge < -0.3 is 14.8 Å². The number of nitrogens with one attached hydrogen (secondary N) is 1. The zero-order valence-electron chi connectivity index (χ0n) is 11.9. The van der Waals surface area contributed by atoms with Crippen molar-refractivity contribution in [1.82, 2.24) is 5.32 Å². The predicted molar refractivity (Wildman–Crippen MR) is 68.4 cm³/mol. The summed E-state index contributed by atoms with van der Waals surface area (Å²) in [6, 6.07) is 3.16. The quantitative estimate of drug-likeness (QED) is 0.298. The first-order valence-corrected chi connectivity index (χ1v) is 6.38. The molecule has 1 heterocycles. The van der Waals surface area contributed by atoms with Gasteiger partial charge in [-0.05, 0) is 13.0 Å². The van der Waals surface area contributed by atoms with Crippen molar-refractivity contribution < 1.29 is 38.8 Å². The van der Waals surface area contributed by atoms with Crippen LogP contribution in [-0.2, 0) is 21.0 Å². The van der Waals surface area contributed by atoms with E-state index in [1.807, 2.05) is 0 Å². The molecule has 0 aliphatic heterocycles. The predicted octanol–water partition coefficient (Wildman–Crippen LogP) is -0.0658. The molecular formula is C12H17N3O7+2. The summed E-state index contributed by atoms with van der Waals surface area (Å²) in [5, 5.41) is 10.00. The van der Waals surface area contributed by atoms with Gasteiger partial charge in [0.1, 0.15) is 10.5 Å². The largest absolute Gasteiger partial charge is 0.513 e. The van der Waals surface area contributed by atoms with Crippen LogP contribution in [0.1, 0.15) is 17.3 Å². The number of carbonyl (C=O) groups is 2. The van der Waals surface area contributed by atoms with Gasteiger partial charge in [-0.2, -0.15) is 9.40 Å². The molecule has 2 N–H and O–H groups in total. The number of amides is 1. The molecule has 0 unspecified atom stereocenters. The highest BCUT2D eigenvalue weighted by Gasteiger charge is 2.13. The highest BCUT2D eigenvalue weighted by atomic mass is 16.9. The van der Waals surface area contributed by atoms with E-state index < -0.39 is 17.1 Å². The van der Waals surface area contributed by atoms with E-state index in [-0.39, 0.29) is 26.5 Å². The maximum absolute atomic E-state index is 11.8. The first-order valence-electron chi connectivity index (χ1n) is 6.38. The molecule has 1 aromatic rings. The van der Waals surface area contributed by atoms with Gasteiger partial charge in [-0.1, -0.05) is 0 Å². The van der Waals surface area contributed by atoms with Gasteiger partial charge in [0, 0.05) is 6.07 Å². The second kappa shape index (κ2) is 9.10. The van der Waals surface area contributed by atoms with Crippen molar-refractivity contribution in [3.8, 4) is 0 Å². The molecule has 0 saturated carbocycles. The van der Waals surface area contributed by atoms with Crippen molar-refractivity contribution in [2.24, 2.45) is 0 Å². The third-order valence-corrected chi connectivity index (χ3v) is 2.30. The normalized spacial score (nSPS) is 9.68. The highest BCUT2D eigenvalue weighted by molar-refractivity contribution is 5.93. The fourth-order valence-electron chi connectivity index (χ4n) is 1.41. The van der Waals surface area contributed by atoms with E-state index >= 15 is 0 Å². The summed E-state index contributed by atoms with van der Waals surface area (Å²) >= 11 is 0. The number of nitrogens with zero attached hydrogens (tertiary/aromatic N) is 2. The molecule has 1 amide bonds. The first kappa shape index (κ1) is 17.1. The Bertz CT molecular complexity index is 535. The van der Waals surface area contributed by atoms with E-state index in [0.717, 1.165) is 0 Å². The van der Waals surface area contributed by atoms with Crippen molar-refractivity contribution in [3.63, 3.8) is 0 Å². The monoisotopic (exact) mass is 315 g/mol. The minimum Gasteiger partial charge on any atom is -0.434 e. The Morgan fingerprint density at radius 3 is 2.86 bits per heavy atom. The molecule has 0 aliphatic rings. The Morgan fingerprint density at radius 2 is 2.18 bits per heavy atom. The van der Waals surface area contributed by atoms with Crippen LogP contribution in [-0.4, -0.2) is 42.1 Å². The van der Waals surface area contributed by atoms with E-state index in [4.69, 9.17) is 9.94 Å². The van der Waals surface area contributed by atoms with E-state index in [2.05, 4.69) is 14.9 Å². The molecule has 0 bridgehead atoms. The summed E-state index contributed by atoms with van der Waals surface area (Å²) in [5.41, 5.74) is 0.318. The molecule has 0 fully saturated rings. The standard InChI is InChI=1S/C12H16N3O7/c1-2-20-12(17)21-9-14-6-3-4-10(8-14)11(16)13-5-7-22-15(18)19/h3-4,6,8H,2,5,7,9H2,1H3,(H-,13,16,18,19)/q+1/p+1. The lowest BCUT2D eigenvalue weighted by atomic mass is 10.2. The van der Waals surface area contributed by atoms with Gasteiger partial charge in [0.25, 0.3) is 12.6 Å². The maximum atomic E-state index is 11.8. The van der Waals surface area contributed by atoms with Crippen molar-refractivity contribution in [2.75, 3.05) is 19.8 Å². The number of aromatic nitrogens is 1. The number of hydrogen-bond acceptors (Lipinski definition) is 6. The molecule has 22 heavy (non-hydrogen) atoms. The summed E-state index contributed by atoms with van der Waals surface area (Å²) in [5.74, 6) is -0.413. The number of carbonyl (C=O) groups excluding carboxylic acids is 2. The van der Waals surface area contributed by atoms with Gasteiger partial charge in [0.05, 0.1) is 13.2 Å². The van der Waals surface area contributed by atoms with Gasteiger partial charge in [-0.3, -0.25) is 4.79 Å².